The van der Waals surface area contributed by atoms with Crippen LogP contribution in [0.3, 0.4) is 0 Å². The minimum atomic E-state index is 0.0424. The highest BCUT2D eigenvalue weighted by molar-refractivity contribution is 5.55. The first-order chi connectivity index (χ1) is 12.5. The summed E-state index contributed by atoms with van der Waals surface area (Å²) in [4.78, 5) is 8.67. The summed E-state index contributed by atoms with van der Waals surface area (Å²) >= 11 is 0. The van der Waals surface area contributed by atoms with Crippen molar-refractivity contribution >= 4 is 17.6 Å². The van der Waals surface area contributed by atoms with Crippen LogP contribution in [0.2, 0.25) is 0 Å². The van der Waals surface area contributed by atoms with Crippen molar-refractivity contribution < 1.29 is 14.0 Å². The average molecular weight is 359 g/mol. The third-order valence-corrected chi connectivity index (χ3v) is 3.18. The molecule has 138 valence electrons. The fraction of sp³-hybridized carbons (Fsp3) is 0.375. The smallest absolute Gasteiger partial charge is 0.234 e. The Hall–Kier alpha value is -3.30. The van der Waals surface area contributed by atoms with Gasteiger partial charge in [-0.05, 0) is 20.8 Å². The number of nitrogens with one attached hydrogen (secondary N) is 3. The number of ether oxygens (including phenoxy) is 2. The van der Waals surface area contributed by atoms with Gasteiger partial charge in [-0.2, -0.15) is 9.97 Å². The van der Waals surface area contributed by atoms with E-state index in [0.717, 1.165) is 5.69 Å². The van der Waals surface area contributed by atoms with Crippen molar-refractivity contribution in [2.24, 2.45) is 0 Å². The summed E-state index contributed by atoms with van der Waals surface area (Å²) in [5.41, 5.74) is 0.814. The molecule has 0 aliphatic rings. The third kappa shape index (κ3) is 4.62. The molecule has 0 bridgehead atoms. The zero-order chi connectivity index (χ0) is 18.5. The number of aromatic amines is 1. The zero-order valence-corrected chi connectivity index (χ0v) is 15.0. The molecule has 0 saturated carbocycles. The van der Waals surface area contributed by atoms with Gasteiger partial charge in [0.1, 0.15) is 11.6 Å². The first-order valence-electron chi connectivity index (χ1n) is 8.10. The minimum absolute atomic E-state index is 0.0424. The molecule has 10 nitrogen and oxygen atoms in total. The highest BCUT2D eigenvalue weighted by Crippen LogP contribution is 2.22. The molecule has 3 aromatic heterocycles. The first-order valence-corrected chi connectivity index (χ1v) is 8.10. The van der Waals surface area contributed by atoms with Crippen LogP contribution < -0.4 is 20.1 Å². The number of aryl methyl sites for hydroxylation is 1. The summed E-state index contributed by atoms with van der Waals surface area (Å²) in [7, 11) is 1.54. The number of hydrogen-bond acceptors (Lipinski definition) is 9. The van der Waals surface area contributed by atoms with Gasteiger partial charge in [0, 0.05) is 18.2 Å². The number of methoxy groups -OCH3 is 1. The van der Waals surface area contributed by atoms with Crippen molar-refractivity contribution in [2.45, 2.75) is 33.4 Å². The number of anilines is 3. The van der Waals surface area contributed by atoms with Gasteiger partial charge in [0.25, 0.3) is 0 Å². The second kappa shape index (κ2) is 7.72. The minimum Gasteiger partial charge on any atom is -0.481 e. The van der Waals surface area contributed by atoms with Gasteiger partial charge in [-0.25, -0.2) is 0 Å². The van der Waals surface area contributed by atoms with E-state index in [-0.39, 0.29) is 6.10 Å². The molecule has 0 saturated heterocycles. The molecular weight excluding hydrogens is 338 g/mol. The molecule has 0 radical (unpaired) electrons. The maximum absolute atomic E-state index is 5.52. The van der Waals surface area contributed by atoms with E-state index >= 15 is 0 Å². The molecule has 3 aromatic rings. The average Bonchev–Trinajstić information content (AvgIpc) is 3.21. The number of H-pyrrole nitrogens is 1. The number of aromatic nitrogens is 5. The topological polar surface area (TPSA) is 123 Å². The molecule has 0 amide bonds. The molecule has 0 spiro atoms. The molecule has 3 rings (SSSR count). The summed E-state index contributed by atoms with van der Waals surface area (Å²) in [5, 5.41) is 17.0. The standard InChI is InChI=1S/C16H21N7O3/c1-9(2)25-15-7-13(21-22-15)18-12-6-14(24-4)20-16(19-12)17-8-11-5-10(3)23-26-11/h5-7,9H,8H2,1-4H3,(H3,17,18,19,20,21,22). The molecule has 0 aliphatic carbocycles. The van der Waals surface area contributed by atoms with E-state index in [9.17, 15) is 0 Å². The highest BCUT2D eigenvalue weighted by atomic mass is 16.5. The molecule has 0 atom stereocenters. The van der Waals surface area contributed by atoms with E-state index < -0.39 is 0 Å². The summed E-state index contributed by atoms with van der Waals surface area (Å²) in [6.45, 7) is 6.14. The molecule has 10 heteroatoms. The van der Waals surface area contributed by atoms with Crippen LogP contribution in [0.15, 0.2) is 22.7 Å². The van der Waals surface area contributed by atoms with Gasteiger partial charge in [0.05, 0.1) is 25.5 Å². The van der Waals surface area contributed by atoms with E-state index in [4.69, 9.17) is 14.0 Å². The second-order valence-electron chi connectivity index (χ2n) is 5.82. The fourth-order valence-electron chi connectivity index (χ4n) is 2.15. The maximum Gasteiger partial charge on any atom is 0.234 e. The van der Waals surface area contributed by atoms with Crippen molar-refractivity contribution in [1.82, 2.24) is 25.3 Å². The molecule has 3 heterocycles. The predicted molar refractivity (Wildman–Crippen MR) is 94.8 cm³/mol. The SMILES string of the molecule is COc1cc(Nc2cc(OC(C)C)n[nH]2)nc(NCc2cc(C)no2)n1. The third-order valence-electron chi connectivity index (χ3n) is 3.18. The number of nitrogens with zero attached hydrogens (tertiary/aromatic N) is 4. The van der Waals surface area contributed by atoms with E-state index in [1.807, 2.05) is 26.8 Å². The Morgan fingerprint density at radius 3 is 2.73 bits per heavy atom. The zero-order valence-electron chi connectivity index (χ0n) is 15.0. The Balaban J connectivity index is 1.71. The van der Waals surface area contributed by atoms with E-state index in [2.05, 4.69) is 36.0 Å². The molecule has 26 heavy (non-hydrogen) atoms. The Bertz CT molecular complexity index is 859. The lowest BCUT2D eigenvalue weighted by molar-refractivity contribution is 0.232. The van der Waals surface area contributed by atoms with Crippen LogP contribution in [0.5, 0.6) is 11.8 Å². The second-order valence-corrected chi connectivity index (χ2v) is 5.82. The Morgan fingerprint density at radius 2 is 2.04 bits per heavy atom. The summed E-state index contributed by atoms with van der Waals surface area (Å²) < 4.78 is 15.9. The van der Waals surface area contributed by atoms with E-state index in [1.165, 1.54) is 0 Å². The molecular formula is C16H21N7O3. The quantitative estimate of drug-likeness (QED) is 0.557. The Morgan fingerprint density at radius 1 is 1.19 bits per heavy atom. The van der Waals surface area contributed by atoms with Gasteiger partial charge in [-0.3, -0.25) is 5.10 Å². The monoisotopic (exact) mass is 359 g/mol. The largest absolute Gasteiger partial charge is 0.481 e. The van der Waals surface area contributed by atoms with Gasteiger partial charge in [0.2, 0.25) is 17.7 Å². The van der Waals surface area contributed by atoms with Crippen LogP contribution in [0.25, 0.3) is 0 Å². The van der Waals surface area contributed by atoms with Crippen LogP contribution >= 0.6 is 0 Å². The summed E-state index contributed by atoms with van der Waals surface area (Å²) in [5.74, 6) is 3.16. The van der Waals surface area contributed by atoms with Crippen molar-refractivity contribution in [2.75, 3.05) is 17.7 Å². The van der Waals surface area contributed by atoms with Gasteiger partial charge in [-0.1, -0.05) is 5.16 Å². The van der Waals surface area contributed by atoms with Crippen molar-refractivity contribution in [3.05, 3.63) is 29.7 Å². The van der Waals surface area contributed by atoms with Crippen LogP contribution in [-0.2, 0) is 6.54 Å². The fourth-order valence-corrected chi connectivity index (χ4v) is 2.15. The van der Waals surface area contributed by atoms with Gasteiger partial charge >= 0.3 is 0 Å². The Kier molecular flexibility index (Phi) is 5.20. The van der Waals surface area contributed by atoms with Crippen LogP contribution in [0, 0.1) is 6.92 Å². The normalized spacial score (nSPS) is 10.8. The molecule has 0 aromatic carbocycles. The van der Waals surface area contributed by atoms with Crippen LogP contribution in [0.1, 0.15) is 25.3 Å². The molecule has 3 N–H and O–H groups in total. The lowest BCUT2D eigenvalue weighted by Gasteiger charge is -2.08. The molecule has 0 fully saturated rings. The van der Waals surface area contributed by atoms with E-state index in [1.54, 1.807) is 19.2 Å². The van der Waals surface area contributed by atoms with Gasteiger partial charge in [0.15, 0.2) is 5.76 Å². The van der Waals surface area contributed by atoms with Crippen LogP contribution in [-0.4, -0.2) is 38.5 Å². The summed E-state index contributed by atoms with van der Waals surface area (Å²) in [6.07, 6.45) is 0.0424. The Labute approximate surface area is 150 Å². The van der Waals surface area contributed by atoms with Crippen molar-refractivity contribution in [1.29, 1.82) is 0 Å². The lowest BCUT2D eigenvalue weighted by Crippen LogP contribution is -2.06. The van der Waals surface area contributed by atoms with E-state index in [0.29, 0.717) is 41.6 Å². The van der Waals surface area contributed by atoms with Gasteiger partial charge in [-0.15, -0.1) is 5.10 Å². The van der Waals surface area contributed by atoms with Crippen molar-refractivity contribution in [3.8, 4) is 11.8 Å². The predicted octanol–water partition coefficient (Wildman–Crippen LogP) is 2.65. The first kappa shape index (κ1) is 17.5. The molecule has 0 unspecified atom stereocenters. The van der Waals surface area contributed by atoms with Crippen molar-refractivity contribution in [3.63, 3.8) is 0 Å². The highest BCUT2D eigenvalue weighted by Gasteiger charge is 2.09. The lowest BCUT2D eigenvalue weighted by atomic mass is 10.4. The summed E-state index contributed by atoms with van der Waals surface area (Å²) in [6, 6.07) is 5.26. The van der Waals surface area contributed by atoms with Gasteiger partial charge < -0.3 is 24.6 Å². The molecule has 0 aliphatic heterocycles. The maximum atomic E-state index is 5.52. The number of hydrogen-bond donors (Lipinski definition) is 3. The van der Waals surface area contributed by atoms with Crippen LogP contribution in [0.4, 0.5) is 17.6 Å². The number of rotatable bonds is 8.